The van der Waals surface area contributed by atoms with E-state index in [1.807, 2.05) is 26.8 Å². The van der Waals surface area contributed by atoms with Crippen molar-refractivity contribution in [3.05, 3.63) is 11.6 Å². The second-order valence-electron chi connectivity index (χ2n) is 6.03. The lowest BCUT2D eigenvalue weighted by molar-refractivity contribution is 0.131. The first-order valence-electron chi connectivity index (χ1n) is 6.96. The third-order valence-corrected chi connectivity index (χ3v) is 3.58. The van der Waals surface area contributed by atoms with Crippen molar-refractivity contribution in [2.45, 2.75) is 60.5 Å². The number of phosphoric ester groups is 1. The minimum absolute atomic E-state index is 0.264. The minimum Gasteiger partial charge on any atom is -0.303 e. The quantitative estimate of drug-likeness (QED) is 0.521. The number of phosphoric acid groups is 1. The third kappa shape index (κ3) is 8.59. The summed E-state index contributed by atoms with van der Waals surface area (Å²) in [5.41, 5.74) is 0.991. The molecule has 114 valence electrons. The van der Waals surface area contributed by atoms with E-state index < -0.39 is 13.9 Å². The number of hydrogen-bond donors (Lipinski definition) is 2. The van der Waals surface area contributed by atoms with Crippen LogP contribution in [0.1, 0.15) is 54.4 Å². The van der Waals surface area contributed by atoms with Crippen LogP contribution in [0.5, 0.6) is 0 Å². The topological polar surface area (TPSA) is 66.8 Å². The fraction of sp³-hybridized carbons (Fsp3) is 0.857. The van der Waals surface area contributed by atoms with Gasteiger partial charge in [0.1, 0.15) is 0 Å². The number of rotatable bonds is 8. The van der Waals surface area contributed by atoms with Gasteiger partial charge in [-0.05, 0) is 43.1 Å². The van der Waals surface area contributed by atoms with E-state index >= 15 is 0 Å². The maximum absolute atomic E-state index is 11.1. The van der Waals surface area contributed by atoms with E-state index in [4.69, 9.17) is 14.3 Å². The Morgan fingerprint density at radius 2 is 1.58 bits per heavy atom. The lowest BCUT2D eigenvalue weighted by atomic mass is 9.86. The summed E-state index contributed by atoms with van der Waals surface area (Å²) in [5, 5.41) is 0. The Kier molecular flexibility index (Phi) is 8.14. The number of hydrogen-bond acceptors (Lipinski definition) is 2. The van der Waals surface area contributed by atoms with Gasteiger partial charge in [0.2, 0.25) is 0 Å². The standard InChI is InChI=1S/C14H29O4P/c1-7-13(12(6)8-10(2)3)14(9-11(4)5)18-19(15,16)17/h7,10-12,14H,8-9H2,1-6H3,(H2,15,16,17). The molecular formula is C14H29O4P. The molecule has 2 N–H and O–H groups in total. The average molecular weight is 292 g/mol. The van der Waals surface area contributed by atoms with Crippen molar-refractivity contribution in [1.29, 1.82) is 0 Å². The molecule has 0 aromatic carbocycles. The van der Waals surface area contributed by atoms with Crippen LogP contribution in [-0.4, -0.2) is 15.9 Å². The summed E-state index contributed by atoms with van der Waals surface area (Å²) in [6, 6.07) is 0. The molecule has 0 heterocycles. The molecule has 4 nitrogen and oxygen atoms in total. The van der Waals surface area contributed by atoms with Gasteiger partial charge in [-0.25, -0.2) is 4.57 Å². The second-order valence-corrected chi connectivity index (χ2v) is 7.23. The van der Waals surface area contributed by atoms with Crippen LogP contribution in [0.4, 0.5) is 0 Å². The minimum atomic E-state index is -4.46. The van der Waals surface area contributed by atoms with Gasteiger partial charge < -0.3 is 9.79 Å². The average Bonchev–Trinajstić information content (AvgIpc) is 2.12. The van der Waals surface area contributed by atoms with Crippen LogP contribution in [0.15, 0.2) is 11.6 Å². The Morgan fingerprint density at radius 1 is 1.11 bits per heavy atom. The van der Waals surface area contributed by atoms with Gasteiger partial charge in [-0.3, -0.25) is 4.52 Å². The van der Waals surface area contributed by atoms with E-state index in [1.54, 1.807) is 0 Å². The highest BCUT2D eigenvalue weighted by atomic mass is 31.2. The van der Waals surface area contributed by atoms with E-state index in [2.05, 4.69) is 20.8 Å². The molecule has 19 heavy (non-hydrogen) atoms. The van der Waals surface area contributed by atoms with Crippen molar-refractivity contribution in [2.75, 3.05) is 0 Å². The Bertz CT molecular complexity index is 330. The van der Waals surface area contributed by atoms with Gasteiger partial charge in [0.05, 0.1) is 6.10 Å². The molecule has 0 aromatic heterocycles. The van der Waals surface area contributed by atoms with Crippen LogP contribution >= 0.6 is 7.82 Å². The summed E-state index contributed by atoms with van der Waals surface area (Å²) in [7, 11) is -4.46. The van der Waals surface area contributed by atoms with Crippen LogP contribution in [0.3, 0.4) is 0 Å². The molecule has 0 aliphatic heterocycles. The van der Waals surface area contributed by atoms with Crippen LogP contribution in [-0.2, 0) is 9.09 Å². The van der Waals surface area contributed by atoms with E-state index in [-0.39, 0.29) is 5.92 Å². The molecule has 0 aliphatic carbocycles. The van der Waals surface area contributed by atoms with E-state index in [1.165, 1.54) is 0 Å². The van der Waals surface area contributed by atoms with Crippen molar-refractivity contribution >= 4 is 7.82 Å². The lowest BCUT2D eigenvalue weighted by Crippen LogP contribution is -2.22. The first kappa shape index (κ1) is 18.9. The van der Waals surface area contributed by atoms with Crippen molar-refractivity contribution in [2.24, 2.45) is 17.8 Å². The third-order valence-electron chi connectivity index (χ3n) is 3.05. The molecule has 2 unspecified atom stereocenters. The van der Waals surface area contributed by atoms with Gasteiger partial charge >= 0.3 is 7.82 Å². The molecule has 0 aromatic rings. The Morgan fingerprint density at radius 3 is 1.89 bits per heavy atom. The zero-order valence-electron chi connectivity index (χ0n) is 13.0. The summed E-state index contributed by atoms with van der Waals surface area (Å²) in [6.45, 7) is 12.3. The normalized spacial score (nSPS) is 17.1. The van der Waals surface area contributed by atoms with Gasteiger partial charge in [0.15, 0.2) is 0 Å². The smallest absolute Gasteiger partial charge is 0.303 e. The maximum Gasteiger partial charge on any atom is 0.470 e. The predicted octanol–water partition coefficient (Wildman–Crippen LogP) is 4.14. The van der Waals surface area contributed by atoms with Crippen molar-refractivity contribution in [3.8, 4) is 0 Å². The molecule has 0 saturated carbocycles. The molecule has 0 spiro atoms. The van der Waals surface area contributed by atoms with Crippen molar-refractivity contribution in [1.82, 2.24) is 0 Å². The molecule has 0 amide bonds. The molecule has 2 atom stereocenters. The molecule has 0 saturated heterocycles. The first-order valence-corrected chi connectivity index (χ1v) is 8.49. The Balaban J connectivity index is 5.03. The molecule has 0 radical (unpaired) electrons. The SMILES string of the molecule is CC=C(C(C)CC(C)C)C(CC(C)C)OP(=O)(O)O. The fourth-order valence-electron chi connectivity index (χ4n) is 2.46. The molecule has 5 heteroatoms. The zero-order valence-corrected chi connectivity index (χ0v) is 13.9. The molecule has 0 rings (SSSR count). The highest BCUT2D eigenvalue weighted by Gasteiger charge is 2.28. The summed E-state index contributed by atoms with van der Waals surface area (Å²) in [4.78, 5) is 18.1. The van der Waals surface area contributed by atoms with Gasteiger partial charge in [0.25, 0.3) is 0 Å². The van der Waals surface area contributed by atoms with E-state index in [0.29, 0.717) is 18.3 Å². The zero-order chi connectivity index (χ0) is 15.2. The second kappa shape index (κ2) is 8.21. The summed E-state index contributed by atoms with van der Waals surface area (Å²) >= 11 is 0. The van der Waals surface area contributed by atoms with Gasteiger partial charge in [0, 0.05) is 0 Å². The Hall–Kier alpha value is -0.150. The van der Waals surface area contributed by atoms with Crippen molar-refractivity contribution in [3.63, 3.8) is 0 Å². The van der Waals surface area contributed by atoms with Crippen LogP contribution in [0, 0.1) is 17.8 Å². The number of allylic oxidation sites excluding steroid dienone is 1. The largest absolute Gasteiger partial charge is 0.470 e. The highest BCUT2D eigenvalue weighted by molar-refractivity contribution is 7.46. The first-order chi connectivity index (χ1) is 8.56. The summed E-state index contributed by atoms with van der Waals surface area (Å²) in [6.07, 6.45) is 3.04. The maximum atomic E-state index is 11.1. The fourth-order valence-corrected chi connectivity index (χ4v) is 3.00. The van der Waals surface area contributed by atoms with E-state index in [0.717, 1.165) is 12.0 Å². The Labute approximate surface area is 117 Å². The van der Waals surface area contributed by atoms with Crippen LogP contribution in [0.25, 0.3) is 0 Å². The molecule has 0 aliphatic rings. The van der Waals surface area contributed by atoms with Gasteiger partial charge in [-0.15, -0.1) is 0 Å². The summed E-state index contributed by atoms with van der Waals surface area (Å²) in [5.74, 6) is 1.12. The predicted molar refractivity (Wildman–Crippen MR) is 78.7 cm³/mol. The van der Waals surface area contributed by atoms with E-state index in [9.17, 15) is 4.57 Å². The van der Waals surface area contributed by atoms with Gasteiger partial charge in [-0.1, -0.05) is 40.7 Å². The van der Waals surface area contributed by atoms with Crippen LogP contribution < -0.4 is 0 Å². The van der Waals surface area contributed by atoms with Gasteiger partial charge in [-0.2, -0.15) is 0 Å². The summed E-state index contributed by atoms with van der Waals surface area (Å²) < 4.78 is 16.1. The monoisotopic (exact) mass is 292 g/mol. The lowest BCUT2D eigenvalue weighted by Gasteiger charge is -2.27. The van der Waals surface area contributed by atoms with Crippen molar-refractivity contribution < 1.29 is 18.9 Å². The molecule has 0 fully saturated rings. The van der Waals surface area contributed by atoms with Crippen LogP contribution in [0.2, 0.25) is 0 Å². The highest BCUT2D eigenvalue weighted by Crippen LogP contribution is 2.42. The molecule has 0 bridgehead atoms. The molecular weight excluding hydrogens is 263 g/mol.